The molecule has 20 heavy (non-hydrogen) atoms. The van der Waals surface area contributed by atoms with Crippen molar-refractivity contribution in [2.75, 3.05) is 0 Å². The van der Waals surface area contributed by atoms with Gasteiger partial charge in [-0.15, -0.1) is 11.6 Å². The van der Waals surface area contributed by atoms with Gasteiger partial charge in [0.1, 0.15) is 0 Å². The molecule has 0 spiro atoms. The van der Waals surface area contributed by atoms with Crippen molar-refractivity contribution >= 4 is 23.2 Å². The normalized spacial score (nSPS) is 12.6. The van der Waals surface area contributed by atoms with E-state index in [0.29, 0.717) is 0 Å². The predicted molar refractivity (Wildman–Crippen MR) is 89.3 cm³/mol. The molecule has 2 heteroatoms. The first-order valence-corrected chi connectivity index (χ1v) is 7.61. The van der Waals surface area contributed by atoms with E-state index in [2.05, 4.69) is 52.8 Å². The first-order chi connectivity index (χ1) is 9.31. The summed E-state index contributed by atoms with van der Waals surface area (Å²) >= 11 is 13.1. The molecule has 0 radical (unpaired) electrons. The molecule has 0 saturated carbocycles. The molecule has 0 N–H and O–H groups in total. The highest BCUT2D eigenvalue weighted by molar-refractivity contribution is 6.33. The summed E-state index contributed by atoms with van der Waals surface area (Å²) in [7, 11) is 0. The molecule has 1 atom stereocenters. The van der Waals surface area contributed by atoms with Gasteiger partial charge in [-0.1, -0.05) is 35.4 Å². The summed E-state index contributed by atoms with van der Waals surface area (Å²) in [5, 5.41) is 0.537. The van der Waals surface area contributed by atoms with Crippen LogP contribution in [0.5, 0.6) is 0 Å². The number of hydrogen-bond acceptors (Lipinski definition) is 0. The maximum atomic E-state index is 6.74. The smallest absolute Gasteiger partial charge is 0.0855 e. The van der Waals surface area contributed by atoms with Gasteiger partial charge in [-0.2, -0.15) is 0 Å². The Bertz CT molecular complexity index is 634. The lowest BCUT2D eigenvalue weighted by Crippen LogP contribution is -2.02. The van der Waals surface area contributed by atoms with Crippen molar-refractivity contribution in [2.24, 2.45) is 0 Å². The van der Waals surface area contributed by atoms with E-state index in [-0.39, 0.29) is 5.38 Å². The van der Waals surface area contributed by atoms with Crippen LogP contribution in [0.4, 0.5) is 0 Å². The average Bonchev–Trinajstić information content (AvgIpc) is 2.32. The Labute approximate surface area is 131 Å². The third-order valence-corrected chi connectivity index (χ3v) is 4.66. The van der Waals surface area contributed by atoms with Crippen molar-refractivity contribution in [3.05, 3.63) is 68.2 Å². The van der Waals surface area contributed by atoms with Crippen LogP contribution in [0.2, 0.25) is 5.02 Å². The van der Waals surface area contributed by atoms with Crippen LogP contribution in [0.15, 0.2) is 24.3 Å². The molecule has 0 aliphatic heterocycles. The predicted octanol–water partition coefficient (Wildman–Crippen LogP) is 6.21. The van der Waals surface area contributed by atoms with E-state index in [9.17, 15) is 0 Å². The van der Waals surface area contributed by atoms with Gasteiger partial charge in [0.2, 0.25) is 0 Å². The average molecular weight is 307 g/mol. The van der Waals surface area contributed by atoms with E-state index in [1.807, 2.05) is 6.07 Å². The van der Waals surface area contributed by atoms with Crippen LogP contribution in [0, 0.1) is 34.6 Å². The van der Waals surface area contributed by atoms with E-state index >= 15 is 0 Å². The van der Waals surface area contributed by atoms with Crippen LogP contribution in [0.25, 0.3) is 0 Å². The fourth-order valence-electron chi connectivity index (χ4n) is 2.74. The summed E-state index contributed by atoms with van der Waals surface area (Å²) < 4.78 is 0. The fraction of sp³-hybridized carbons (Fsp3) is 0.333. The molecule has 1 unspecified atom stereocenters. The SMILES string of the molecule is Cc1cc(C)c(C(Cl)c2cc(C)c(C)cc2Cl)c(C)c1. The minimum atomic E-state index is -0.206. The van der Waals surface area contributed by atoms with Gasteiger partial charge in [0.25, 0.3) is 0 Å². The van der Waals surface area contributed by atoms with E-state index in [1.54, 1.807) is 0 Å². The summed E-state index contributed by atoms with van der Waals surface area (Å²) in [6.07, 6.45) is 0. The lowest BCUT2D eigenvalue weighted by atomic mass is 9.92. The van der Waals surface area contributed by atoms with Gasteiger partial charge in [-0.3, -0.25) is 0 Å². The minimum Gasteiger partial charge on any atom is -0.113 e. The Morgan fingerprint density at radius 3 is 1.80 bits per heavy atom. The van der Waals surface area contributed by atoms with Crippen LogP contribution in [0.1, 0.15) is 44.3 Å². The number of halogens is 2. The monoisotopic (exact) mass is 306 g/mol. The zero-order valence-electron chi connectivity index (χ0n) is 12.6. The van der Waals surface area contributed by atoms with Gasteiger partial charge in [0, 0.05) is 5.02 Å². The van der Waals surface area contributed by atoms with Gasteiger partial charge < -0.3 is 0 Å². The maximum Gasteiger partial charge on any atom is 0.0855 e. The van der Waals surface area contributed by atoms with Crippen LogP contribution in [-0.4, -0.2) is 0 Å². The summed E-state index contributed by atoms with van der Waals surface area (Å²) in [6.45, 7) is 10.5. The lowest BCUT2D eigenvalue weighted by Gasteiger charge is -2.19. The standard InChI is InChI=1S/C18H20Cl2/c1-10-6-13(4)17(14(5)7-10)18(20)15-8-11(2)12(3)9-16(15)19/h6-9,18H,1-5H3. The lowest BCUT2D eigenvalue weighted by molar-refractivity contribution is 1.07. The summed E-state index contributed by atoms with van der Waals surface area (Å²) in [5.74, 6) is 0. The third kappa shape index (κ3) is 2.87. The Hall–Kier alpha value is -0.980. The second kappa shape index (κ2) is 5.79. The topological polar surface area (TPSA) is 0 Å². The van der Waals surface area contributed by atoms with Crippen LogP contribution < -0.4 is 0 Å². The quantitative estimate of drug-likeness (QED) is 0.579. The van der Waals surface area contributed by atoms with Gasteiger partial charge in [-0.25, -0.2) is 0 Å². The van der Waals surface area contributed by atoms with Crippen molar-refractivity contribution in [1.29, 1.82) is 0 Å². The van der Waals surface area contributed by atoms with Gasteiger partial charge in [-0.05, 0) is 74.1 Å². The number of alkyl halides is 1. The fourth-order valence-corrected chi connectivity index (χ4v) is 3.65. The molecule has 2 aromatic carbocycles. The van der Waals surface area contributed by atoms with Gasteiger partial charge >= 0.3 is 0 Å². The van der Waals surface area contributed by atoms with Crippen molar-refractivity contribution in [1.82, 2.24) is 0 Å². The van der Waals surface area contributed by atoms with Crippen LogP contribution in [-0.2, 0) is 0 Å². The molecule has 0 bridgehead atoms. The second-order valence-electron chi connectivity index (χ2n) is 5.63. The third-order valence-electron chi connectivity index (χ3n) is 3.88. The van der Waals surface area contributed by atoms with Gasteiger partial charge in [0.05, 0.1) is 5.38 Å². The molecule has 2 aromatic rings. The molecule has 0 aliphatic rings. The zero-order valence-corrected chi connectivity index (χ0v) is 14.2. The van der Waals surface area contributed by atoms with E-state index in [0.717, 1.165) is 10.6 Å². The Morgan fingerprint density at radius 2 is 1.25 bits per heavy atom. The highest BCUT2D eigenvalue weighted by Crippen LogP contribution is 2.38. The minimum absolute atomic E-state index is 0.206. The molecule has 0 saturated heterocycles. The number of hydrogen-bond donors (Lipinski definition) is 0. The molecule has 0 amide bonds. The molecule has 0 fully saturated rings. The van der Waals surface area contributed by atoms with Crippen molar-refractivity contribution in [3.8, 4) is 0 Å². The summed E-state index contributed by atoms with van der Waals surface area (Å²) in [6, 6.07) is 8.45. The van der Waals surface area contributed by atoms with Crippen molar-refractivity contribution < 1.29 is 0 Å². The van der Waals surface area contributed by atoms with E-state index in [1.165, 1.54) is 33.4 Å². The van der Waals surface area contributed by atoms with Crippen molar-refractivity contribution in [2.45, 2.75) is 40.0 Å². The van der Waals surface area contributed by atoms with Crippen molar-refractivity contribution in [3.63, 3.8) is 0 Å². The second-order valence-corrected chi connectivity index (χ2v) is 6.48. The molecule has 0 heterocycles. The number of rotatable bonds is 2. The molecule has 0 nitrogen and oxygen atoms in total. The Morgan fingerprint density at radius 1 is 0.750 bits per heavy atom. The summed E-state index contributed by atoms with van der Waals surface area (Å²) in [4.78, 5) is 0. The van der Waals surface area contributed by atoms with E-state index in [4.69, 9.17) is 23.2 Å². The molecule has 0 aromatic heterocycles. The Balaban J connectivity index is 2.57. The molecular weight excluding hydrogens is 287 g/mol. The first-order valence-electron chi connectivity index (χ1n) is 6.79. The molecular formula is C18H20Cl2. The Kier molecular flexibility index (Phi) is 4.46. The maximum absolute atomic E-state index is 6.74. The highest BCUT2D eigenvalue weighted by atomic mass is 35.5. The van der Waals surface area contributed by atoms with Crippen LogP contribution >= 0.6 is 23.2 Å². The largest absolute Gasteiger partial charge is 0.113 e. The molecule has 106 valence electrons. The highest BCUT2D eigenvalue weighted by Gasteiger charge is 2.19. The number of benzene rings is 2. The molecule has 0 aliphatic carbocycles. The summed E-state index contributed by atoms with van der Waals surface area (Å²) in [5.41, 5.74) is 8.28. The molecule has 2 rings (SSSR count). The van der Waals surface area contributed by atoms with Gasteiger partial charge in [0.15, 0.2) is 0 Å². The van der Waals surface area contributed by atoms with E-state index < -0.39 is 0 Å². The number of aryl methyl sites for hydroxylation is 5. The first kappa shape index (κ1) is 15.4. The zero-order chi connectivity index (χ0) is 15.0. The van der Waals surface area contributed by atoms with Crippen LogP contribution in [0.3, 0.4) is 0 Å².